The predicted molar refractivity (Wildman–Crippen MR) is 55.0 cm³/mol. The molecule has 1 atom stereocenters. The zero-order valence-corrected chi connectivity index (χ0v) is 8.97. The molecular formula is C10H12O3S. The van der Waals surface area contributed by atoms with Crippen molar-refractivity contribution >= 4 is 16.6 Å². The number of hydrogen-bond acceptors (Lipinski definition) is 3. The number of ketones is 1. The highest BCUT2D eigenvalue weighted by Crippen LogP contribution is 2.15. The van der Waals surface area contributed by atoms with Gasteiger partial charge >= 0.3 is 0 Å². The molecule has 0 saturated carbocycles. The molecule has 1 aromatic carbocycles. The molecule has 14 heavy (non-hydrogen) atoms. The van der Waals surface area contributed by atoms with Crippen LogP contribution in [0.25, 0.3) is 0 Å². The van der Waals surface area contributed by atoms with E-state index in [4.69, 9.17) is 4.74 Å². The van der Waals surface area contributed by atoms with Gasteiger partial charge in [-0.3, -0.25) is 9.00 Å². The number of Topliss-reactive ketones (excluding diaryl/α,β-unsaturated/α-hetero) is 1. The number of carbonyl (C=O) groups excluding carboxylic acids is 1. The van der Waals surface area contributed by atoms with E-state index in [9.17, 15) is 9.00 Å². The summed E-state index contributed by atoms with van der Waals surface area (Å²) < 4.78 is 16.5. The summed E-state index contributed by atoms with van der Waals surface area (Å²) in [5.41, 5.74) is 0. The first-order chi connectivity index (χ1) is 6.63. The van der Waals surface area contributed by atoms with Gasteiger partial charge in [-0.1, -0.05) is 6.07 Å². The Kier molecular flexibility index (Phi) is 3.83. The highest BCUT2D eigenvalue weighted by Gasteiger charge is 2.07. The topological polar surface area (TPSA) is 43.4 Å². The fourth-order valence-electron chi connectivity index (χ4n) is 1.01. The van der Waals surface area contributed by atoms with Gasteiger partial charge in [0.05, 0.1) is 23.7 Å². The molecule has 1 rings (SSSR count). The molecule has 76 valence electrons. The van der Waals surface area contributed by atoms with Crippen LogP contribution < -0.4 is 4.74 Å². The van der Waals surface area contributed by atoms with E-state index in [1.807, 2.05) is 0 Å². The van der Waals surface area contributed by atoms with Crippen molar-refractivity contribution in [2.24, 2.45) is 0 Å². The highest BCUT2D eigenvalue weighted by atomic mass is 32.2. The number of ether oxygens (including phenoxy) is 1. The minimum Gasteiger partial charge on any atom is -0.497 e. The smallest absolute Gasteiger partial charge is 0.142 e. The Morgan fingerprint density at radius 3 is 2.79 bits per heavy atom. The molecule has 1 unspecified atom stereocenters. The van der Waals surface area contributed by atoms with Crippen molar-refractivity contribution in [3.63, 3.8) is 0 Å². The summed E-state index contributed by atoms with van der Waals surface area (Å²) in [6.07, 6.45) is 0. The SMILES string of the molecule is COc1cccc(S(=O)CC(C)=O)c1. The Hall–Kier alpha value is -1.16. The molecule has 0 aliphatic rings. The lowest BCUT2D eigenvalue weighted by Gasteiger charge is -2.02. The second-order valence-electron chi connectivity index (χ2n) is 2.87. The fraction of sp³-hybridized carbons (Fsp3) is 0.300. The summed E-state index contributed by atoms with van der Waals surface area (Å²) in [6, 6.07) is 6.93. The van der Waals surface area contributed by atoms with Crippen LogP contribution in [-0.4, -0.2) is 22.9 Å². The molecule has 1 aromatic rings. The number of rotatable bonds is 4. The van der Waals surface area contributed by atoms with Crippen LogP contribution in [0, 0.1) is 0 Å². The van der Waals surface area contributed by atoms with Crippen LogP contribution in [0.4, 0.5) is 0 Å². The third-order valence-electron chi connectivity index (χ3n) is 1.64. The van der Waals surface area contributed by atoms with Gasteiger partial charge in [0.15, 0.2) is 0 Å². The van der Waals surface area contributed by atoms with Gasteiger partial charge in [0.2, 0.25) is 0 Å². The van der Waals surface area contributed by atoms with Gasteiger partial charge in [0.25, 0.3) is 0 Å². The van der Waals surface area contributed by atoms with Gasteiger partial charge < -0.3 is 4.74 Å². The van der Waals surface area contributed by atoms with Gasteiger partial charge in [-0.05, 0) is 25.1 Å². The second-order valence-corrected chi connectivity index (χ2v) is 4.32. The van der Waals surface area contributed by atoms with E-state index in [2.05, 4.69) is 0 Å². The van der Waals surface area contributed by atoms with Crippen LogP contribution in [0.5, 0.6) is 5.75 Å². The first-order valence-electron chi connectivity index (χ1n) is 4.15. The normalized spacial score (nSPS) is 12.1. The van der Waals surface area contributed by atoms with E-state index in [0.717, 1.165) is 0 Å². The third kappa shape index (κ3) is 2.96. The Balaban J connectivity index is 2.84. The summed E-state index contributed by atoms with van der Waals surface area (Å²) in [5.74, 6) is 0.637. The molecule has 3 nitrogen and oxygen atoms in total. The van der Waals surface area contributed by atoms with Gasteiger partial charge in [-0.25, -0.2) is 0 Å². The molecule has 0 fully saturated rings. The zero-order valence-electron chi connectivity index (χ0n) is 8.15. The Bertz CT molecular complexity index is 360. The Morgan fingerprint density at radius 1 is 1.50 bits per heavy atom. The molecule has 4 heteroatoms. The molecule has 0 radical (unpaired) electrons. The van der Waals surface area contributed by atoms with Gasteiger partial charge in [-0.2, -0.15) is 0 Å². The molecule has 0 aromatic heterocycles. The lowest BCUT2D eigenvalue weighted by atomic mass is 10.3. The van der Waals surface area contributed by atoms with E-state index in [1.165, 1.54) is 6.92 Å². The van der Waals surface area contributed by atoms with E-state index >= 15 is 0 Å². The number of carbonyl (C=O) groups is 1. The van der Waals surface area contributed by atoms with E-state index in [1.54, 1.807) is 31.4 Å². The van der Waals surface area contributed by atoms with Crippen LogP contribution >= 0.6 is 0 Å². The van der Waals surface area contributed by atoms with Crippen LogP contribution in [-0.2, 0) is 15.6 Å². The zero-order chi connectivity index (χ0) is 10.6. The van der Waals surface area contributed by atoms with Crippen LogP contribution in [0.2, 0.25) is 0 Å². The maximum absolute atomic E-state index is 11.6. The Morgan fingerprint density at radius 2 is 2.21 bits per heavy atom. The van der Waals surface area contributed by atoms with Crippen molar-refractivity contribution in [2.75, 3.05) is 12.9 Å². The minimum absolute atomic E-state index is 0.0627. The van der Waals surface area contributed by atoms with Crippen molar-refractivity contribution < 1.29 is 13.7 Å². The average Bonchev–Trinajstić information content (AvgIpc) is 2.17. The Labute approximate surface area is 85.5 Å². The molecule has 0 aliphatic carbocycles. The second kappa shape index (κ2) is 4.91. The van der Waals surface area contributed by atoms with Gasteiger partial charge in [-0.15, -0.1) is 0 Å². The molecule has 0 aliphatic heterocycles. The molecular weight excluding hydrogens is 200 g/mol. The first kappa shape index (κ1) is 10.9. The summed E-state index contributed by atoms with van der Waals surface area (Å²) >= 11 is 0. The average molecular weight is 212 g/mol. The van der Waals surface area contributed by atoms with E-state index in [0.29, 0.717) is 10.6 Å². The summed E-state index contributed by atoms with van der Waals surface area (Å²) in [4.78, 5) is 11.4. The van der Waals surface area contributed by atoms with Crippen molar-refractivity contribution in [1.82, 2.24) is 0 Å². The summed E-state index contributed by atoms with van der Waals surface area (Å²) in [5, 5.41) is 0. The van der Waals surface area contributed by atoms with Crippen molar-refractivity contribution in [3.8, 4) is 5.75 Å². The monoisotopic (exact) mass is 212 g/mol. The van der Waals surface area contributed by atoms with Crippen molar-refractivity contribution in [3.05, 3.63) is 24.3 Å². The van der Waals surface area contributed by atoms with Gasteiger partial charge in [0, 0.05) is 4.90 Å². The largest absolute Gasteiger partial charge is 0.497 e. The molecule has 0 saturated heterocycles. The summed E-state index contributed by atoms with van der Waals surface area (Å²) in [7, 11) is 0.294. The van der Waals surface area contributed by atoms with E-state index in [-0.39, 0.29) is 11.5 Å². The minimum atomic E-state index is -1.25. The molecule has 0 heterocycles. The fourth-order valence-corrected chi connectivity index (χ4v) is 2.02. The quantitative estimate of drug-likeness (QED) is 0.757. The number of benzene rings is 1. The highest BCUT2D eigenvalue weighted by molar-refractivity contribution is 7.85. The van der Waals surface area contributed by atoms with E-state index < -0.39 is 10.8 Å². The van der Waals surface area contributed by atoms with Crippen LogP contribution in [0.1, 0.15) is 6.92 Å². The number of hydrogen-bond donors (Lipinski definition) is 0. The standard InChI is InChI=1S/C10H12O3S/c1-8(11)7-14(12)10-5-3-4-9(6-10)13-2/h3-6H,7H2,1-2H3. The molecule has 0 bridgehead atoms. The lowest BCUT2D eigenvalue weighted by molar-refractivity contribution is -0.114. The maximum atomic E-state index is 11.6. The third-order valence-corrected chi connectivity index (χ3v) is 3.09. The number of methoxy groups -OCH3 is 1. The predicted octanol–water partition coefficient (Wildman–Crippen LogP) is 1.39. The summed E-state index contributed by atoms with van der Waals surface area (Å²) in [6.45, 7) is 1.43. The first-order valence-corrected chi connectivity index (χ1v) is 5.47. The molecule has 0 spiro atoms. The van der Waals surface area contributed by atoms with Crippen LogP contribution in [0.15, 0.2) is 29.2 Å². The lowest BCUT2D eigenvalue weighted by Crippen LogP contribution is -2.06. The van der Waals surface area contributed by atoms with Crippen molar-refractivity contribution in [1.29, 1.82) is 0 Å². The van der Waals surface area contributed by atoms with Crippen molar-refractivity contribution in [2.45, 2.75) is 11.8 Å². The maximum Gasteiger partial charge on any atom is 0.142 e. The molecule has 0 amide bonds. The molecule has 0 N–H and O–H groups in total. The van der Waals surface area contributed by atoms with Gasteiger partial charge in [0.1, 0.15) is 11.5 Å². The van der Waals surface area contributed by atoms with Crippen LogP contribution in [0.3, 0.4) is 0 Å².